The molecule has 1 aromatic carbocycles. The minimum Gasteiger partial charge on any atom is -0.491 e. The second-order valence-corrected chi connectivity index (χ2v) is 11.2. The summed E-state index contributed by atoms with van der Waals surface area (Å²) in [4.78, 5) is 20.0. The van der Waals surface area contributed by atoms with E-state index in [1.54, 1.807) is 12.1 Å². The van der Waals surface area contributed by atoms with E-state index in [0.29, 0.717) is 30.4 Å². The maximum absolute atomic E-state index is 11.9. The van der Waals surface area contributed by atoms with Gasteiger partial charge in [-0.1, -0.05) is 6.07 Å². The molecule has 0 amide bonds. The number of hydrogen-bond acceptors (Lipinski definition) is 12. The van der Waals surface area contributed by atoms with Crippen LogP contribution in [-0.4, -0.2) is 99.2 Å². The number of ether oxygens (including phenoxy) is 3. The molecule has 0 unspecified atom stereocenters. The van der Waals surface area contributed by atoms with Crippen molar-refractivity contribution >= 4 is 21.9 Å². The number of piperidine rings is 1. The van der Waals surface area contributed by atoms with Crippen molar-refractivity contribution in [1.29, 1.82) is 0 Å². The topological polar surface area (TPSA) is 164 Å². The molecule has 0 aliphatic carbocycles. The summed E-state index contributed by atoms with van der Waals surface area (Å²) in [5.41, 5.74) is 3.24. The Morgan fingerprint density at radius 2 is 2.03 bits per heavy atom. The van der Waals surface area contributed by atoms with Crippen LogP contribution < -0.4 is 20.2 Å². The summed E-state index contributed by atoms with van der Waals surface area (Å²) in [6.07, 6.45) is 4.57. The lowest BCUT2D eigenvalue weighted by Gasteiger charge is -2.38. The number of benzene rings is 1. The Kier molecular flexibility index (Phi) is 9.12. The van der Waals surface area contributed by atoms with Gasteiger partial charge in [-0.3, -0.25) is 5.43 Å². The third-order valence-electron chi connectivity index (χ3n) is 6.68. The molecule has 38 heavy (non-hydrogen) atoms. The average molecular weight is 551 g/mol. The highest BCUT2D eigenvalue weighted by atomic mass is 32.2. The fraction of sp³-hybridized carbons (Fsp3) is 0.542. The van der Waals surface area contributed by atoms with E-state index in [2.05, 4.69) is 30.2 Å². The number of hydrogen-bond donors (Lipinski definition) is 4. The van der Waals surface area contributed by atoms with Crippen molar-refractivity contribution in [3.63, 3.8) is 0 Å². The maximum Gasteiger partial charge on any atom is 0.341 e. The summed E-state index contributed by atoms with van der Waals surface area (Å²) in [5, 5.41) is 15.8. The van der Waals surface area contributed by atoms with Crippen LogP contribution in [0.4, 0.5) is 5.95 Å². The third-order valence-corrected chi connectivity index (χ3v) is 8.10. The molecule has 0 bridgehead atoms. The van der Waals surface area contributed by atoms with E-state index in [9.17, 15) is 18.3 Å². The zero-order valence-electron chi connectivity index (χ0n) is 21.4. The van der Waals surface area contributed by atoms with Crippen molar-refractivity contribution in [1.82, 2.24) is 25.0 Å². The molecule has 4 rings (SSSR count). The van der Waals surface area contributed by atoms with Gasteiger partial charge in [-0.25, -0.2) is 32.9 Å². The number of carbonyl (C=O) groups excluding carboxylic acids is 1. The van der Waals surface area contributed by atoms with E-state index in [1.807, 2.05) is 5.01 Å². The molecule has 3 heterocycles. The lowest BCUT2D eigenvalue weighted by molar-refractivity contribution is -0.0396. The van der Waals surface area contributed by atoms with Crippen LogP contribution in [0.3, 0.4) is 0 Å². The number of hydrazine groups is 1. The van der Waals surface area contributed by atoms with E-state index in [0.717, 1.165) is 32.4 Å². The predicted molar refractivity (Wildman–Crippen MR) is 137 cm³/mol. The van der Waals surface area contributed by atoms with Gasteiger partial charge in [0, 0.05) is 44.1 Å². The first-order valence-corrected chi connectivity index (χ1v) is 13.8. The Labute approximate surface area is 221 Å². The van der Waals surface area contributed by atoms with E-state index < -0.39 is 22.1 Å². The number of nitrogens with zero attached hydrogens (tertiary/aromatic N) is 3. The van der Waals surface area contributed by atoms with Gasteiger partial charge in [0.15, 0.2) is 0 Å². The number of anilines is 1. The molecule has 14 heteroatoms. The lowest BCUT2D eigenvalue weighted by Crippen LogP contribution is -2.47. The molecular weight excluding hydrogens is 516 g/mol. The molecule has 2 aliphatic rings. The van der Waals surface area contributed by atoms with Crippen molar-refractivity contribution in [3.8, 4) is 5.75 Å². The van der Waals surface area contributed by atoms with Gasteiger partial charge in [0.1, 0.15) is 18.5 Å². The van der Waals surface area contributed by atoms with Crippen LogP contribution >= 0.6 is 0 Å². The van der Waals surface area contributed by atoms with Gasteiger partial charge >= 0.3 is 5.97 Å². The van der Waals surface area contributed by atoms with Gasteiger partial charge in [0.2, 0.25) is 16.0 Å². The standard InChI is InChI=1S/C24H34N6O7S/c1-25-38(33,34)21-5-3-4-20(10-21)36-16-19(31)14-26-18-11-24(37-15-18)6-8-30(9-7-24)29-23-27-12-17(13-28-23)22(32)35-2/h3-5,10,12-13,18-19,25-26,31H,6-9,11,14-16H2,1-2H3,(H,27,28,29)/t18-,19+/m1/s1. The first-order chi connectivity index (χ1) is 18.2. The van der Waals surface area contributed by atoms with Crippen LogP contribution in [0.2, 0.25) is 0 Å². The molecule has 1 aromatic heterocycles. The summed E-state index contributed by atoms with van der Waals surface area (Å²) in [6.45, 7) is 2.40. The van der Waals surface area contributed by atoms with E-state index in [4.69, 9.17) is 9.47 Å². The number of rotatable bonds is 11. The lowest BCUT2D eigenvalue weighted by atomic mass is 9.88. The predicted octanol–water partition coefficient (Wildman–Crippen LogP) is 0.151. The van der Waals surface area contributed by atoms with Gasteiger partial charge in [-0.2, -0.15) is 0 Å². The monoisotopic (exact) mass is 550 g/mol. The molecule has 13 nitrogen and oxygen atoms in total. The van der Waals surface area contributed by atoms with Gasteiger partial charge in [0.25, 0.3) is 0 Å². The zero-order valence-corrected chi connectivity index (χ0v) is 22.2. The number of sulfonamides is 1. The number of carbonyl (C=O) groups is 1. The molecule has 208 valence electrons. The number of esters is 1. The summed E-state index contributed by atoms with van der Waals surface area (Å²) in [5.74, 6) is 0.298. The van der Waals surface area contributed by atoms with Gasteiger partial charge in [-0.05, 0) is 38.4 Å². The molecule has 0 saturated carbocycles. The SMILES string of the molecule is CNS(=O)(=O)c1cccc(OC[C@@H](O)CN[C@H]2COC3(CCN(Nc4ncc(C(=O)OC)cn4)CC3)C2)c1. The number of nitrogens with one attached hydrogen (secondary N) is 3. The number of aromatic nitrogens is 2. The van der Waals surface area contributed by atoms with Gasteiger partial charge in [0.05, 0.1) is 29.8 Å². The van der Waals surface area contributed by atoms with Crippen LogP contribution in [0.25, 0.3) is 0 Å². The largest absolute Gasteiger partial charge is 0.491 e. The van der Waals surface area contributed by atoms with E-state index in [1.165, 1.54) is 38.7 Å². The first-order valence-electron chi connectivity index (χ1n) is 12.4. The van der Waals surface area contributed by atoms with Crippen molar-refractivity contribution in [3.05, 3.63) is 42.2 Å². The van der Waals surface area contributed by atoms with Crippen LogP contribution in [0.1, 0.15) is 29.6 Å². The first kappa shape index (κ1) is 28.1. The van der Waals surface area contributed by atoms with Crippen molar-refractivity contribution in [2.24, 2.45) is 0 Å². The fourth-order valence-electron chi connectivity index (χ4n) is 4.50. The number of methoxy groups -OCH3 is 1. The minimum absolute atomic E-state index is 0.0259. The van der Waals surface area contributed by atoms with Gasteiger partial charge in [-0.15, -0.1) is 0 Å². The molecule has 2 aromatic rings. The molecule has 4 N–H and O–H groups in total. The number of aliphatic hydroxyl groups excluding tert-OH is 1. The summed E-state index contributed by atoms with van der Waals surface area (Å²) in [6, 6.07) is 6.25. The Bertz CT molecular complexity index is 1190. The molecule has 2 atom stereocenters. The molecule has 1 spiro atoms. The second-order valence-electron chi connectivity index (χ2n) is 9.34. The Morgan fingerprint density at radius 3 is 2.71 bits per heavy atom. The van der Waals surface area contributed by atoms with E-state index in [-0.39, 0.29) is 23.1 Å². The van der Waals surface area contributed by atoms with Crippen molar-refractivity contribution < 1.29 is 32.5 Å². The Hall–Kier alpha value is -2.88. The smallest absolute Gasteiger partial charge is 0.341 e. The molecule has 0 radical (unpaired) electrons. The van der Waals surface area contributed by atoms with Crippen molar-refractivity contribution in [2.45, 2.75) is 41.9 Å². The molecule has 2 aliphatic heterocycles. The highest BCUT2D eigenvalue weighted by Gasteiger charge is 2.42. The Balaban J connectivity index is 1.17. The third kappa shape index (κ3) is 7.15. The van der Waals surface area contributed by atoms with E-state index >= 15 is 0 Å². The van der Waals surface area contributed by atoms with Crippen LogP contribution in [0.15, 0.2) is 41.6 Å². The zero-order chi connectivity index (χ0) is 27.2. The number of aliphatic hydroxyl groups is 1. The molecule has 2 fully saturated rings. The summed E-state index contributed by atoms with van der Waals surface area (Å²) < 4.78 is 42.6. The highest BCUT2D eigenvalue weighted by molar-refractivity contribution is 7.89. The summed E-state index contributed by atoms with van der Waals surface area (Å²) in [7, 11) is -0.910. The highest BCUT2D eigenvalue weighted by Crippen LogP contribution is 2.35. The van der Waals surface area contributed by atoms with Crippen LogP contribution in [0, 0.1) is 0 Å². The quantitative estimate of drug-likeness (QED) is 0.280. The maximum atomic E-state index is 11.9. The Morgan fingerprint density at radius 1 is 1.29 bits per heavy atom. The van der Waals surface area contributed by atoms with Crippen LogP contribution in [-0.2, 0) is 19.5 Å². The molecule has 2 saturated heterocycles. The summed E-state index contributed by atoms with van der Waals surface area (Å²) >= 11 is 0. The fourth-order valence-corrected chi connectivity index (χ4v) is 5.27. The average Bonchev–Trinajstić information content (AvgIpc) is 3.34. The minimum atomic E-state index is -3.57. The van der Waals surface area contributed by atoms with Crippen LogP contribution in [0.5, 0.6) is 5.75 Å². The molecular formula is C24H34N6O7S. The van der Waals surface area contributed by atoms with Crippen molar-refractivity contribution in [2.75, 3.05) is 52.4 Å². The van der Waals surface area contributed by atoms with Gasteiger partial charge < -0.3 is 24.6 Å². The second kappa shape index (κ2) is 12.3. The normalized spacial score (nSPS) is 20.2.